The lowest BCUT2D eigenvalue weighted by Crippen LogP contribution is -2.25. The number of aryl methyl sites for hydroxylation is 1. The Bertz CT molecular complexity index is 378. The van der Waals surface area contributed by atoms with E-state index in [-0.39, 0.29) is 5.91 Å². The number of nitrogen functional groups attached to an aromatic ring is 1. The Kier molecular flexibility index (Phi) is 5.49. The van der Waals surface area contributed by atoms with Crippen molar-refractivity contribution >= 4 is 11.6 Å². The number of carbonyl (C=O) groups excluding carboxylic acids is 1. The number of ether oxygens (including phenoxy) is 1. The Morgan fingerprint density at radius 2 is 2.18 bits per heavy atom. The van der Waals surface area contributed by atoms with Gasteiger partial charge in [0.1, 0.15) is 0 Å². The number of carbonyl (C=O) groups is 1. The van der Waals surface area contributed by atoms with E-state index in [4.69, 9.17) is 10.5 Å². The molecule has 1 amide bonds. The molecular formula is C13H20N2O2. The molecule has 0 spiro atoms. The molecule has 3 N–H and O–H groups in total. The predicted octanol–water partition coefficient (Wildman–Crippen LogP) is 1.73. The minimum atomic E-state index is -0.108. The fourth-order valence-corrected chi connectivity index (χ4v) is 1.55. The maximum absolute atomic E-state index is 11.8. The van der Waals surface area contributed by atoms with Crippen LogP contribution in [0.5, 0.6) is 0 Å². The summed E-state index contributed by atoms with van der Waals surface area (Å²) in [5.41, 5.74) is 7.89. The van der Waals surface area contributed by atoms with Gasteiger partial charge in [-0.1, -0.05) is 12.1 Å². The van der Waals surface area contributed by atoms with Crippen molar-refractivity contribution in [2.45, 2.75) is 19.8 Å². The van der Waals surface area contributed by atoms with Crippen molar-refractivity contribution < 1.29 is 9.53 Å². The van der Waals surface area contributed by atoms with E-state index in [9.17, 15) is 4.79 Å². The third-order valence-corrected chi connectivity index (χ3v) is 2.63. The smallest absolute Gasteiger partial charge is 0.253 e. The maximum atomic E-state index is 11.8. The Labute approximate surface area is 102 Å². The van der Waals surface area contributed by atoms with Gasteiger partial charge in [-0.25, -0.2) is 0 Å². The molecule has 0 atom stereocenters. The number of anilines is 1. The molecule has 0 radical (unpaired) electrons. The van der Waals surface area contributed by atoms with E-state index in [1.807, 2.05) is 19.1 Å². The molecule has 0 unspecified atom stereocenters. The van der Waals surface area contributed by atoms with Crippen LogP contribution >= 0.6 is 0 Å². The number of nitrogens with one attached hydrogen (secondary N) is 1. The van der Waals surface area contributed by atoms with Gasteiger partial charge in [-0.2, -0.15) is 0 Å². The molecule has 1 aromatic carbocycles. The van der Waals surface area contributed by atoms with E-state index in [2.05, 4.69) is 5.32 Å². The van der Waals surface area contributed by atoms with Gasteiger partial charge < -0.3 is 15.8 Å². The van der Waals surface area contributed by atoms with E-state index < -0.39 is 0 Å². The Morgan fingerprint density at radius 1 is 1.41 bits per heavy atom. The van der Waals surface area contributed by atoms with Crippen LogP contribution in [0.15, 0.2) is 18.2 Å². The van der Waals surface area contributed by atoms with Gasteiger partial charge in [0.15, 0.2) is 0 Å². The number of para-hydroxylation sites is 1. The second-order valence-electron chi connectivity index (χ2n) is 3.99. The number of benzene rings is 1. The first kappa shape index (κ1) is 13.5. The topological polar surface area (TPSA) is 64.3 Å². The van der Waals surface area contributed by atoms with Crippen molar-refractivity contribution in [1.82, 2.24) is 5.32 Å². The number of hydrogen-bond donors (Lipinski definition) is 2. The normalized spacial score (nSPS) is 10.2. The molecule has 94 valence electrons. The highest BCUT2D eigenvalue weighted by atomic mass is 16.5. The molecule has 1 aromatic rings. The second kappa shape index (κ2) is 6.91. The van der Waals surface area contributed by atoms with Crippen molar-refractivity contribution in [3.63, 3.8) is 0 Å². The summed E-state index contributed by atoms with van der Waals surface area (Å²) in [4.78, 5) is 11.8. The van der Waals surface area contributed by atoms with Crippen LogP contribution in [0.25, 0.3) is 0 Å². The van der Waals surface area contributed by atoms with Crippen LogP contribution in [-0.2, 0) is 4.74 Å². The van der Waals surface area contributed by atoms with Crippen molar-refractivity contribution in [3.8, 4) is 0 Å². The van der Waals surface area contributed by atoms with Crippen LogP contribution in [0.3, 0.4) is 0 Å². The first-order chi connectivity index (χ1) is 8.16. The average molecular weight is 236 g/mol. The molecule has 0 heterocycles. The van der Waals surface area contributed by atoms with Crippen molar-refractivity contribution in [2.24, 2.45) is 0 Å². The van der Waals surface area contributed by atoms with Gasteiger partial charge >= 0.3 is 0 Å². The van der Waals surface area contributed by atoms with Crippen molar-refractivity contribution in [1.29, 1.82) is 0 Å². The van der Waals surface area contributed by atoms with Crippen LogP contribution in [0.1, 0.15) is 28.8 Å². The third-order valence-electron chi connectivity index (χ3n) is 2.63. The molecule has 0 bridgehead atoms. The lowest BCUT2D eigenvalue weighted by molar-refractivity contribution is 0.0952. The molecule has 0 aliphatic rings. The number of unbranched alkanes of at least 4 members (excludes halogenated alkanes) is 1. The summed E-state index contributed by atoms with van der Waals surface area (Å²) in [6, 6.07) is 5.48. The fraction of sp³-hybridized carbons (Fsp3) is 0.462. The average Bonchev–Trinajstić information content (AvgIpc) is 2.32. The van der Waals surface area contributed by atoms with E-state index in [0.717, 1.165) is 25.0 Å². The zero-order valence-corrected chi connectivity index (χ0v) is 10.5. The van der Waals surface area contributed by atoms with Crippen molar-refractivity contribution in [3.05, 3.63) is 29.3 Å². The van der Waals surface area contributed by atoms with Crippen LogP contribution in [-0.4, -0.2) is 26.2 Å². The summed E-state index contributed by atoms with van der Waals surface area (Å²) in [5, 5.41) is 2.85. The third kappa shape index (κ3) is 4.07. The molecule has 0 saturated heterocycles. The van der Waals surface area contributed by atoms with Gasteiger partial charge in [-0.05, 0) is 31.4 Å². The minimum absolute atomic E-state index is 0.108. The first-order valence-corrected chi connectivity index (χ1v) is 5.79. The SMILES string of the molecule is COCCCCNC(=O)c1cccc(C)c1N. The Hall–Kier alpha value is -1.55. The van der Waals surface area contributed by atoms with Gasteiger partial charge in [-0.3, -0.25) is 4.79 Å². The lowest BCUT2D eigenvalue weighted by atomic mass is 10.1. The number of amides is 1. The molecular weight excluding hydrogens is 216 g/mol. The molecule has 0 aliphatic carbocycles. The summed E-state index contributed by atoms with van der Waals surface area (Å²) >= 11 is 0. The highest BCUT2D eigenvalue weighted by Crippen LogP contribution is 2.15. The number of rotatable bonds is 6. The standard InChI is InChI=1S/C13H20N2O2/c1-10-6-5-7-11(12(10)14)13(16)15-8-3-4-9-17-2/h5-7H,3-4,8-9,14H2,1-2H3,(H,15,16). The second-order valence-corrected chi connectivity index (χ2v) is 3.99. The zero-order chi connectivity index (χ0) is 12.7. The maximum Gasteiger partial charge on any atom is 0.253 e. The summed E-state index contributed by atoms with van der Waals surface area (Å²) in [6.45, 7) is 3.27. The minimum Gasteiger partial charge on any atom is -0.398 e. The van der Waals surface area contributed by atoms with E-state index in [0.29, 0.717) is 17.8 Å². The van der Waals surface area contributed by atoms with Gasteiger partial charge in [-0.15, -0.1) is 0 Å². The van der Waals surface area contributed by atoms with Gasteiger partial charge in [0.05, 0.1) is 5.56 Å². The largest absolute Gasteiger partial charge is 0.398 e. The summed E-state index contributed by atoms with van der Waals surface area (Å²) in [5.74, 6) is -0.108. The lowest BCUT2D eigenvalue weighted by Gasteiger charge is -2.09. The van der Waals surface area contributed by atoms with Crippen LogP contribution in [0.4, 0.5) is 5.69 Å². The van der Waals surface area contributed by atoms with E-state index in [1.54, 1.807) is 13.2 Å². The van der Waals surface area contributed by atoms with Gasteiger partial charge in [0.2, 0.25) is 0 Å². The molecule has 1 rings (SSSR count). The summed E-state index contributed by atoms with van der Waals surface area (Å²) in [7, 11) is 1.67. The number of methoxy groups -OCH3 is 1. The quantitative estimate of drug-likeness (QED) is 0.584. The molecule has 4 heteroatoms. The predicted molar refractivity (Wildman–Crippen MR) is 69.0 cm³/mol. The van der Waals surface area contributed by atoms with Gasteiger partial charge in [0, 0.05) is 25.9 Å². The summed E-state index contributed by atoms with van der Waals surface area (Å²) in [6.07, 6.45) is 1.85. The molecule has 4 nitrogen and oxygen atoms in total. The monoisotopic (exact) mass is 236 g/mol. The number of nitrogens with two attached hydrogens (primary N) is 1. The van der Waals surface area contributed by atoms with Crippen LogP contribution in [0, 0.1) is 6.92 Å². The van der Waals surface area contributed by atoms with Gasteiger partial charge in [0.25, 0.3) is 5.91 Å². The Morgan fingerprint density at radius 3 is 2.88 bits per heavy atom. The molecule has 0 aliphatic heterocycles. The first-order valence-electron chi connectivity index (χ1n) is 5.79. The zero-order valence-electron chi connectivity index (χ0n) is 10.5. The highest BCUT2D eigenvalue weighted by molar-refractivity contribution is 5.99. The van der Waals surface area contributed by atoms with Crippen molar-refractivity contribution in [2.75, 3.05) is 26.0 Å². The van der Waals surface area contributed by atoms with Crippen LogP contribution in [0.2, 0.25) is 0 Å². The Balaban J connectivity index is 2.44. The summed E-state index contributed by atoms with van der Waals surface area (Å²) < 4.78 is 4.94. The molecule has 17 heavy (non-hydrogen) atoms. The number of hydrogen-bond acceptors (Lipinski definition) is 3. The fourth-order valence-electron chi connectivity index (χ4n) is 1.55. The molecule has 0 aromatic heterocycles. The van der Waals surface area contributed by atoms with E-state index in [1.165, 1.54) is 0 Å². The molecule has 0 saturated carbocycles. The van der Waals surface area contributed by atoms with Crippen LogP contribution < -0.4 is 11.1 Å². The molecule has 0 fully saturated rings. The van der Waals surface area contributed by atoms with E-state index >= 15 is 0 Å². The highest BCUT2D eigenvalue weighted by Gasteiger charge is 2.09.